The number of nitrogens with zero attached hydrogens (tertiary/aromatic N) is 1. The molecule has 0 bridgehead atoms. The Morgan fingerprint density at radius 1 is 1.38 bits per heavy atom. The van der Waals surface area contributed by atoms with Crippen LogP contribution in [0.3, 0.4) is 0 Å². The van der Waals surface area contributed by atoms with Crippen molar-refractivity contribution in [3.8, 4) is 0 Å². The van der Waals surface area contributed by atoms with Crippen LogP contribution in [0.15, 0.2) is 0 Å². The van der Waals surface area contributed by atoms with Crippen LogP contribution in [0.5, 0.6) is 0 Å². The lowest BCUT2D eigenvalue weighted by molar-refractivity contribution is -0.143. The summed E-state index contributed by atoms with van der Waals surface area (Å²) in [4.78, 5) is 24.6. The van der Waals surface area contributed by atoms with Crippen molar-refractivity contribution in [3.05, 3.63) is 0 Å². The fourth-order valence-electron chi connectivity index (χ4n) is 3.26. The maximum Gasteiger partial charge on any atom is 0.317 e. The second-order valence-corrected chi connectivity index (χ2v) is 6.43. The van der Waals surface area contributed by atoms with Gasteiger partial charge in [0.15, 0.2) is 0 Å². The third-order valence-electron chi connectivity index (χ3n) is 4.34. The first-order valence-corrected chi connectivity index (χ1v) is 7.40. The number of hydrogen-bond acceptors (Lipinski definition) is 2. The van der Waals surface area contributed by atoms with Gasteiger partial charge in [0.1, 0.15) is 0 Å². The van der Waals surface area contributed by atoms with Crippen LogP contribution in [-0.4, -0.2) is 47.6 Å². The zero-order valence-corrected chi connectivity index (χ0v) is 12.1. The third-order valence-corrected chi connectivity index (χ3v) is 4.34. The zero-order valence-electron chi connectivity index (χ0n) is 12.1. The Balaban J connectivity index is 1.81. The van der Waals surface area contributed by atoms with Crippen LogP contribution in [0.2, 0.25) is 0 Å². The van der Waals surface area contributed by atoms with Gasteiger partial charge >= 0.3 is 12.0 Å². The summed E-state index contributed by atoms with van der Waals surface area (Å²) in [7, 11) is 0. The molecular formula is C14H22F2N2O3. The quantitative estimate of drug-likeness (QED) is 0.839. The van der Waals surface area contributed by atoms with Gasteiger partial charge in [0.25, 0.3) is 0 Å². The van der Waals surface area contributed by atoms with E-state index in [9.17, 15) is 18.4 Å². The number of carbonyl (C=O) groups is 2. The minimum atomic E-state index is -2.61. The molecule has 0 radical (unpaired) electrons. The molecular weight excluding hydrogens is 282 g/mol. The van der Waals surface area contributed by atoms with E-state index in [-0.39, 0.29) is 43.8 Å². The number of likely N-dealkylation sites (tertiary alicyclic amines) is 1. The maximum atomic E-state index is 13.1. The number of halogens is 2. The fourth-order valence-corrected chi connectivity index (χ4v) is 3.26. The van der Waals surface area contributed by atoms with E-state index in [0.717, 1.165) is 0 Å². The van der Waals surface area contributed by atoms with Crippen molar-refractivity contribution in [1.29, 1.82) is 0 Å². The summed E-state index contributed by atoms with van der Waals surface area (Å²) >= 11 is 0. The van der Waals surface area contributed by atoms with Crippen molar-refractivity contribution in [2.24, 2.45) is 17.8 Å². The van der Waals surface area contributed by atoms with E-state index in [2.05, 4.69) is 5.32 Å². The van der Waals surface area contributed by atoms with Crippen molar-refractivity contribution in [3.63, 3.8) is 0 Å². The summed E-state index contributed by atoms with van der Waals surface area (Å²) in [5.74, 6) is -4.11. The highest BCUT2D eigenvalue weighted by molar-refractivity contribution is 5.76. The Bertz CT molecular complexity index is 417. The largest absolute Gasteiger partial charge is 0.481 e. The van der Waals surface area contributed by atoms with Gasteiger partial charge in [-0.1, -0.05) is 6.92 Å². The molecule has 7 heteroatoms. The molecule has 1 saturated heterocycles. The summed E-state index contributed by atoms with van der Waals surface area (Å²) in [6.07, 6.45) is 0.687. The Hall–Kier alpha value is -1.40. The highest BCUT2D eigenvalue weighted by Crippen LogP contribution is 2.38. The molecule has 2 rings (SSSR count). The highest BCUT2D eigenvalue weighted by Gasteiger charge is 2.39. The van der Waals surface area contributed by atoms with Gasteiger partial charge in [-0.15, -0.1) is 0 Å². The molecule has 3 unspecified atom stereocenters. The number of carboxylic acids is 1. The van der Waals surface area contributed by atoms with Crippen LogP contribution in [0.25, 0.3) is 0 Å². The molecule has 2 amide bonds. The zero-order chi connectivity index (χ0) is 15.6. The predicted octanol–water partition coefficient (Wildman–Crippen LogP) is 2.17. The number of nitrogens with one attached hydrogen (secondary N) is 1. The smallest absolute Gasteiger partial charge is 0.317 e. The van der Waals surface area contributed by atoms with Crippen LogP contribution in [0.1, 0.15) is 32.6 Å². The van der Waals surface area contributed by atoms with Gasteiger partial charge in [-0.25, -0.2) is 13.6 Å². The average Bonchev–Trinajstić information content (AvgIpc) is 2.74. The van der Waals surface area contributed by atoms with Crippen LogP contribution in [0.4, 0.5) is 13.6 Å². The molecule has 0 aromatic carbocycles. The monoisotopic (exact) mass is 304 g/mol. The lowest BCUT2D eigenvalue weighted by Crippen LogP contribution is -2.50. The van der Waals surface area contributed by atoms with E-state index >= 15 is 0 Å². The van der Waals surface area contributed by atoms with Gasteiger partial charge in [0.05, 0.1) is 5.92 Å². The van der Waals surface area contributed by atoms with Gasteiger partial charge in [-0.05, 0) is 24.7 Å². The molecule has 5 nitrogen and oxygen atoms in total. The minimum absolute atomic E-state index is 0.116. The molecule has 1 heterocycles. The molecule has 120 valence electrons. The molecule has 0 aromatic rings. The van der Waals surface area contributed by atoms with Crippen molar-refractivity contribution in [1.82, 2.24) is 10.2 Å². The molecule has 1 saturated carbocycles. The summed E-state index contributed by atoms with van der Waals surface area (Å²) < 4.78 is 26.2. The number of hydrogen-bond donors (Lipinski definition) is 2. The van der Waals surface area contributed by atoms with Crippen LogP contribution in [-0.2, 0) is 4.79 Å². The first-order valence-electron chi connectivity index (χ1n) is 7.40. The fraction of sp³-hybridized carbons (Fsp3) is 0.857. The molecule has 3 atom stereocenters. The van der Waals surface area contributed by atoms with Crippen LogP contribution in [0, 0.1) is 17.8 Å². The second-order valence-electron chi connectivity index (χ2n) is 6.43. The SMILES string of the molecule is CC1CC(C(=O)O)CN(C(=O)NCC2CCC(F)(F)C2)C1. The molecule has 1 aliphatic carbocycles. The first-order chi connectivity index (χ1) is 9.77. The van der Waals surface area contributed by atoms with E-state index in [1.54, 1.807) is 0 Å². The number of carbonyl (C=O) groups excluding carboxylic acids is 1. The number of carboxylic acid groups (broad SMARTS) is 1. The van der Waals surface area contributed by atoms with Crippen molar-refractivity contribution >= 4 is 12.0 Å². The number of aliphatic carboxylic acids is 1. The van der Waals surface area contributed by atoms with E-state index in [0.29, 0.717) is 19.4 Å². The van der Waals surface area contributed by atoms with Crippen molar-refractivity contribution in [2.75, 3.05) is 19.6 Å². The van der Waals surface area contributed by atoms with E-state index in [4.69, 9.17) is 5.11 Å². The standard InChI is InChI=1S/C14H22F2N2O3/c1-9-4-11(12(19)20)8-18(7-9)13(21)17-6-10-2-3-14(15,16)5-10/h9-11H,2-8H2,1H3,(H,17,21)(H,19,20). The molecule has 2 N–H and O–H groups in total. The second kappa shape index (κ2) is 6.15. The minimum Gasteiger partial charge on any atom is -0.481 e. The first kappa shape index (κ1) is 16.0. The topological polar surface area (TPSA) is 69.6 Å². The summed E-state index contributed by atoms with van der Waals surface area (Å²) in [5.41, 5.74) is 0. The van der Waals surface area contributed by atoms with Gasteiger partial charge in [0.2, 0.25) is 5.92 Å². The van der Waals surface area contributed by atoms with Gasteiger partial charge in [-0.3, -0.25) is 4.79 Å². The number of alkyl halides is 2. The summed E-state index contributed by atoms with van der Waals surface area (Å²) in [5, 5.41) is 11.7. The summed E-state index contributed by atoms with van der Waals surface area (Å²) in [6, 6.07) is -0.344. The van der Waals surface area contributed by atoms with Gasteiger partial charge < -0.3 is 15.3 Å². The van der Waals surface area contributed by atoms with E-state index < -0.39 is 17.8 Å². The highest BCUT2D eigenvalue weighted by atomic mass is 19.3. The predicted molar refractivity (Wildman–Crippen MR) is 72.2 cm³/mol. The number of piperidine rings is 1. The van der Waals surface area contributed by atoms with Gasteiger partial charge in [0, 0.05) is 32.5 Å². The van der Waals surface area contributed by atoms with Crippen molar-refractivity contribution < 1.29 is 23.5 Å². The van der Waals surface area contributed by atoms with E-state index in [1.165, 1.54) is 4.90 Å². The maximum absolute atomic E-state index is 13.1. The number of amides is 2. The molecule has 1 aliphatic heterocycles. The molecule has 0 spiro atoms. The molecule has 21 heavy (non-hydrogen) atoms. The molecule has 2 fully saturated rings. The van der Waals surface area contributed by atoms with E-state index in [1.807, 2.05) is 6.92 Å². The lowest BCUT2D eigenvalue weighted by Gasteiger charge is -2.34. The van der Waals surface area contributed by atoms with Crippen LogP contribution >= 0.6 is 0 Å². The summed E-state index contributed by atoms with van der Waals surface area (Å²) in [6.45, 7) is 2.84. The molecule has 0 aromatic heterocycles. The Morgan fingerprint density at radius 2 is 2.10 bits per heavy atom. The number of rotatable bonds is 3. The Morgan fingerprint density at radius 3 is 2.67 bits per heavy atom. The lowest BCUT2D eigenvalue weighted by atomic mass is 9.91. The average molecular weight is 304 g/mol. The van der Waals surface area contributed by atoms with Crippen LogP contribution < -0.4 is 5.32 Å². The number of urea groups is 1. The molecule has 2 aliphatic rings. The Kier molecular flexibility index (Phi) is 4.68. The van der Waals surface area contributed by atoms with Gasteiger partial charge in [-0.2, -0.15) is 0 Å². The normalized spacial score (nSPS) is 32.0. The van der Waals surface area contributed by atoms with Crippen molar-refractivity contribution in [2.45, 2.75) is 38.5 Å². The third kappa shape index (κ3) is 4.28. The Labute approximate surface area is 122 Å².